The lowest BCUT2D eigenvalue weighted by Gasteiger charge is -2.15. The van der Waals surface area contributed by atoms with Crippen molar-refractivity contribution in [3.8, 4) is 0 Å². The van der Waals surface area contributed by atoms with E-state index in [9.17, 15) is 0 Å². The zero-order valence-corrected chi connectivity index (χ0v) is 10.6. The van der Waals surface area contributed by atoms with Crippen LogP contribution in [-0.2, 0) is 6.54 Å². The van der Waals surface area contributed by atoms with Crippen molar-refractivity contribution in [3.05, 3.63) is 34.4 Å². The van der Waals surface area contributed by atoms with Gasteiger partial charge in [0, 0.05) is 12.6 Å². The van der Waals surface area contributed by atoms with Crippen LogP contribution in [-0.4, -0.2) is 6.04 Å². The molecular formula is C14H23N. The van der Waals surface area contributed by atoms with Crippen LogP contribution in [0.2, 0.25) is 0 Å². The molecule has 1 aromatic rings. The summed E-state index contributed by atoms with van der Waals surface area (Å²) in [5, 5.41) is 3.55. The molecule has 1 unspecified atom stereocenters. The first-order chi connectivity index (χ1) is 7.04. The third kappa shape index (κ3) is 3.35. The van der Waals surface area contributed by atoms with Gasteiger partial charge in [-0.1, -0.05) is 24.6 Å². The van der Waals surface area contributed by atoms with Crippen molar-refractivity contribution < 1.29 is 0 Å². The second-order valence-corrected chi connectivity index (χ2v) is 4.57. The molecule has 1 nitrogen and oxygen atoms in total. The van der Waals surface area contributed by atoms with Gasteiger partial charge in [0.15, 0.2) is 0 Å². The molecule has 0 bridgehead atoms. The Morgan fingerprint density at radius 3 is 2.13 bits per heavy atom. The van der Waals surface area contributed by atoms with Gasteiger partial charge in [-0.2, -0.15) is 0 Å². The van der Waals surface area contributed by atoms with Crippen molar-refractivity contribution in [1.82, 2.24) is 5.32 Å². The van der Waals surface area contributed by atoms with Gasteiger partial charge >= 0.3 is 0 Å². The molecule has 1 atom stereocenters. The number of hydrogen-bond donors (Lipinski definition) is 1. The maximum Gasteiger partial charge on any atom is 0.0213 e. The van der Waals surface area contributed by atoms with Crippen LogP contribution in [0.5, 0.6) is 0 Å². The van der Waals surface area contributed by atoms with Gasteiger partial charge in [-0.05, 0) is 50.8 Å². The SMILES string of the molecule is CCC(C)NCc1c(C)cc(C)cc1C. The second kappa shape index (κ2) is 5.32. The molecule has 0 spiro atoms. The van der Waals surface area contributed by atoms with Crippen molar-refractivity contribution in [2.75, 3.05) is 0 Å². The Kier molecular flexibility index (Phi) is 4.34. The molecule has 0 aliphatic rings. The molecule has 0 aliphatic heterocycles. The van der Waals surface area contributed by atoms with Gasteiger partial charge < -0.3 is 5.32 Å². The predicted molar refractivity (Wildman–Crippen MR) is 67.2 cm³/mol. The molecule has 0 saturated heterocycles. The smallest absolute Gasteiger partial charge is 0.0213 e. The number of hydrogen-bond acceptors (Lipinski definition) is 1. The third-order valence-corrected chi connectivity index (χ3v) is 3.08. The van der Waals surface area contributed by atoms with E-state index in [-0.39, 0.29) is 0 Å². The number of rotatable bonds is 4. The standard InChI is InChI=1S/C14H23N/c1-6-13(5)15-9-14-11(3)7-10(2)8-12(14)4/h7-8,13,15H,6,9H2,1-5H3. The van der Waals surface area contributed by atoms with Gasteiger partial charge in [-0.25, -0.2) is 0 Å². The lowest BCUT2D eigenvalue weighted by Crippen LogP contribution is -2.25. The fourth-order valence-electron chi connectivity index (χ4n) is 1.91. The van der Waals surface area contributed by atoms with E-state index in [0.717, 1.165) is 6.54 Å². The van der Waals surface area contributed by atoms with E-state index in [1.54, 1.807) is 0 Å². The third-order valence-electron chi connectivity index (χ3n) is 3.08. The molecular weight excluding hydrogens is 182 g/mol. The minimum atomic E-state index is 0.602. The Morgan fingerprint density at radius 2 is 1.67 bits per heavy atom. The zero-order valence-electron chi connectivity index (χ0n) is 10.6. The van der Waals surface area contributed by atoms with Crippen LogP contribution in [0.15, 0.2) is 12.1 Å². The van der Waals surface area contributed by atoms with Crippen molar-refractivity contribution in [3.63, 3.8) is 0 Å². The van der Waals surface area contributed by atoms with E-state index in [0.29, 0.717) is 6.04 Å². The zero-order chi connectivity index (χ0) is 11.4. The van der Waals surface area contributed by atoms with E-state index in [4.69, 9.17) is 0 Å². The first-order valence-corrected chi connectivity index (χ1v) is 5.84. The van der Waals surface area contributed by atoms with Crippen molar-refractivity contribution in [1.29, 1.82) is 0 Å². The number of aryl methyl sites for hydroxylation is 3. The van der Waals surface area contributed by atoms with Gasteiger partial charge in [0.05, 0.1) is 0 Å². The average Bonchev–Trinajstić information content (AvgIpc) is 2.15. The van der Waals surface area contributed by atoms with Gasteiger partial charge in [-0.15, -0.1) is 0 Å². The Balaban J connectivity index is 2.77. The summed E-state index contributed by atoms with van der Waals surface area (Å²) in [5.74, 6) is 0. The molecule has 84 valence electrons. The molecule has 1 aromatic carbocycles. The van der Waals surface area contributed by atoms with Crippen LogP contribution in [0.3, 0.4) is 0 Å². The van der Waals surface area contributed by atoms with Gasteiger partial charge in [0.25, 0.3) is 0 Å². The molecule has 0 aliphatic carbocycles. The highest BCUT2D eigenvalue weighted by Crippen LogP contribution is 2.16. The normalized spacial score (nSPS) is 12.9. The van der Waals surface area contributed by atoms with Crippen LogP contribution < -0.4 is 5.32 Å². The summed E-state index contributed by atoms with van der Waals surface area (Å²) >= 11 is 0. The Labute approximate surface area is 93.9 Å². The van der Waals surface area contributed by atoms with E-state index in [1.807, 2.05) is 0 Å². The van der Waals surface area contributed by atoms with E-state index >= 15 is 0 Å². The summed E-state index contributed by atoms with van der Waals surface area (Å²) in [7, 11) is 0. The summed E-state index contributed by atoms with van der Waals surface area (Å²) in [4.78, 5) is 0. The molecule has 1 rings (SSSR count). The number of nitrogens with one attached hydrogen (secondary N) is 1. The van der Waals surface area contributed by atoms with E-state index in [1.165, 1.54) is 28.7 Å². The molecule has 0 saturated carbocycles. The molecule has 0 aromatic heterocycles. The number of benzene rings is 1. The maximum absolute atomic E-state index is 3.55. The van der Waals surface area contributed by atoms with Crippen LogP contribution >= 0.6 is 0 Å². The van der Waals surface area contributed by atoms with Gasteiger partial charge in [0.2, 0.25) is 0 Å². The molecule has 15 heavy (non-hydrogen) atoms. The minimum absolute atomic E-state index is 0.602. The highest BCUT2D eigenvalue weighted by atomic mass is 14.9. The van der Waals surface area contributed by atoms with Crippen molar-refractivity contribution in [2.24, 2.45) is 0 Å². The highest BCUT2D eigenvalue weighted by molar-refractivity contribution is 5.37. The predicted octanol–water partition coefficient (Wildman–Crippen LogP) is 3.50. The molecule has 0 amide bonds. The fraction of sp³-hybridized carbons (Fsp3) is 0.571. The Hall–Kier alpha value is -0.820. The lowest BCUT2D eigenvalue weighted by molar-refractivity contribution is 0.532. The first kappa shape index (κ1) is 12.3. The molecule has 0 heterocycles. The molecule has 1 heteroatoms. The summed E-state index contributed by atoms with van der Waals surface area (Å²) in [6, 6.07) is 5.13. The highest BCUT2D eigenvalue weighted by Gasteiger charge is 2.04. The van der Waals surface area contributed by atoms with Gasteiger partial charge in [-0.3, -0.25) is 0 Å². The topological polar surface area (TPSA) is 12.0 Å². The van der Waals surface area contributed by atoms with Crippen LogP contribution in [0, 0.1) is 20.8 Å². The second-order valence-electron chi connectivity index (χ2n) is 4.57. The first-order valence-electron chi connectivity index (χ1n) is 5.84. The van der Waals surface area contributed by atoms with Gasteiger partial charge in [0.1, 0.15) is 0 Å². The monoisotopic (exact) mass is 205 g/mol. The van der Waals surface area contributed by atoms with E-state index < -0.39 is 0 Å². The van der Waals surface area contributed by atoms with E-state index in [2.05, 4.69) is 52.1 Å². The summed E-state index contributed by atoms with van der Waals surface area (Å²) in [6.45, 7) is 12.0. The van der Waals surface area contributed by atoms with Crippen molar-refractivity contribution in [2.45, 2.75) is 53.6 Å². The van der Waals surface area contributed by atoms with Crippen LogP contribution in [0.25, 0.3) is 0 Å². The van der Waals surface area contributed by atoms with Crippen LogP contribution in [0.1, 0.15) is 42.5 Å². The largest absolute Gasteiger partial charge is 0.310 e. The summed E-state index contributed by atoms with van der Waals surface area (Å²) in [5.41, 5.74) is 5.63. The average molecular weight is 205 g/mol. The molecule has 0 fully saturated rings. The molecule has 0 radical (unpaired) electrons. The Bertz CT molecular complexity index is 305. The molecule has 1 N–H and O–H groups in total. The summed E-state index contributed by atoms with van der Waals surface area (Å²) < 4.78 is 0. The lowest BCUT2D eigenvalue weighted by atomic mass is 9.99. The van der Waals surface area contributed by atoms with Crippen LogP contribution in [0.4, 0.5) is 0 Å². The summed E-state index contributed by atoms with van der Waals surface area (Å²) in [6.07, 6.45) is 1.18. The van der Waals surface area contributed by atoms with Crippen molar-refractivity contribution >= 4 is 0 Å². The fourth-order valence-corrected chi connectivity index (χ4v) is 1.91. The Morgan fingerprint density at radius 1 is 1.13 bits per heavy atom. The maximum atomic E-state index is 3.55. The minimum Gasteiger partial charge on any atom is -0.310 e. The quantitative estimate of drug-likeness (QED) is 0.793.